The summed E-state index contributed by atoms with van der Waals surface area (Å²) in [7, 11) is 0. The predicted molar refractivity (Wildman–Crippen MR) is 77.1 cm³/mol. The van der Waals surface area contributed by atoms with Crippen molar-refractivity contribution in [2.24, 2.45) is 0 Å². The van der Waals surface area contributed by atoms with Crippen LogP contribution in [0, 0.1) is 6.92 Å². The molecule has 0 saturated heterocycles. The number of rotatable bonds is 3. The summed E-state index contributed by atoms with van der Waals surface area (Å²) in [6.45, 7) is 3.94. The summed E-state index contributed by atoms with van der Waals surface area (Å²) in [5, 5.41) is 9.20. The third-order valence-electron chi connectivity index (χ3n) is 3.62. The Morgan fingerprint density at radius 3 is 2.05 bits per heavy atom. The molecule has 0 saturated carbocycles. The zero-order chi connectivity index (χ0) is 15.6. The third kappa shape index (κ3) is 3.45. The molecule has 2 aromatic carbocycles. The molecule has 0 amide bonds. The molecule has 2 rings (SSSR count). The van der Waals surface area contributed by atoms with Crippen LogP contribution in [0.3, 0.4) is 0 Å². The number of aryl methyl sites for hydroxylation is 1. The highest BCUT2D eigenvalue weighted by atomic mass is 19.4. The van der Waals surface area contributed by atoms with E-state index in [1.165, 1.54) is 12.1 Å². The lowest BCUT2D eigenvalue weighted by Crippen LogP contribution is -2.04. The molecule has 4 heteroatoms. The topological polar surface area (TPSA) is 20.2 Å². The average Bonchev–Trinajstić information content (AvgIpc) is 2.45. The maximum absolute atomic E-state index is 12.5. The Morgan fingerprint density at radius 1 is 1.00 bits per heavy atom. The molecule has 1 atom stereocenters. The second-order valence-corrected chi connectivity index (χ2v) is 5.23. The highest BCUT2D eigenvalue weighted by Gasteiger charge is 2.29. The minimum Gasteiger partial charge on any atom is -0.396 e. The van der Waals surface area contributed by atoms with E-state index in [1.807, 2.05) is 32.0 Å². The van der Waals surface area contributed by atoms with Gasteiger partial charge in [-0.05, 0) is 41.3 Å². The standard InChI is InChI=1S/C17H17F3O/c1-11-9-14(5-8-16(11)12(2)10-21)13-3-6-15(7-4-13)17(18,19)20/h3-9,12,21H,10H2,1-2H3/t12-/m1/s1. The number of aliphatic hydroxyl groups is 1. The number of hydrogen-bond donors (Lipinski definition) is 1. The van der Waals surface area contributed by atoms with Gasteiger partial charge in [-0.3, -0.25) is 0 Å². The Balaban J connectivity index is 2.33. The van der Waals surface area contributed by atoms with Gasteiger partial charge in [-0.2, -0.15) is 13.2 Å². The lowest BCUT2D eigenvalue weighted by Gasteiger charge is -2.14. The smallest absolute Gasteiger partial charge is 0.396 e. The van der Waals surface area contributed by atoms with Crippen LogP contribution < -0.4 is 0 Å². The molecule has 0 bridgehead atoms. The van der Waals surface area contributed by atoms with Crippen molar-refractivity contribution >= 4 is 0 Å². The fraction of sp³-hybridized carbons (Fsp3) is 0.294. The van der Waals surface area contributed by atoms with Crippen LogP contribution in [-0.2, 0) is 6.18 Å². The fourth-order valence-corrected chi connectivity index (χ4v) is 2.36. The number of hydrogen-bond acceptors (Lipinski definition) is 1. The van der Waals surface area contributed by atoms with Crippen LogP contribution in [0.15, 0.2) is 42.5 Å². The van der Waals surface area contributed by atoms with Crippen LogP contribution in [0.25, 0.3) is 11.1 Å². The van der Waals surface area contributed by atoms with Gasteiger partial charge >= 0.3 is 6.18 Å². The molecule has 21 heavy (non-hydrogen) atoms. The Hall–Kier alpha value is -1.81. The zero-order valence-corrected chi connectivity index (χ0v) is 11.9. The van der Waals surface area contributed by atoms with E-state index >= 15 is 0 Å². The minimum absolute atomic E-state index is 0.0478. The van der Waals surface area contributed by atoms with Gasteiger partial charge in [-0.1, -0.05) is 37.3 Å². The van der Waals surface area contributed by atoms with Crippen LogP contribution in [0.4, 0.5) is 13.2 Å². The summed E-state index contributed by atoms with van der Waals surface area (Å²) in [5.41, 5.74) is 3.04. The monoisotopic (exact) mass is 294 g/mol. The van der Waals surface area contributed by atoms with Gasteiger partial charge in [-0.25, -0.2) is 0 Å². The van der Waals surface area contributed by atoms with Crippen molar-refractivity contribution in [3.05, 3.63) is 59.2 Å². The predicted octanol–water partition coefficient (Wildman–Crippen LogP) is 4.78. The quantitative estimate of drug-likeness (QED) is 0.864. The molecule has 0 aliphatic rings. The number of halogens is 3. The van der Waals surface area contributed by atoms with Crippen molar-refractivity contribution in [3.63, 3.8) is 0 Å². The molecule has 0 aliphatic carbocycles. The molecule has 112 valence electrons. The average molecular weight is 294 g/mol. The summed E-state index contributed by atoms with van der Waals surface area (Å²) in [5.74, 6) is 0.0478. The number of benzene rings is 2. The van der Waals surface area contributed by atoms with Gasteiger partial charge in [-0.15, -0.1) is 0 Å². The molecule has 0 aromatic heterocycles. The number of aliphatic hydroxyl groups excluding tert-OH is 1. The van der Waals surface area contributed by atoms with Gasteiger partial charge in [0, 0.05) is 12.5 Å². The Labute approximate surface area is 122 Å². The summed E-state index contributed by atoms with van der Waals surface area (Å²) < 4.78 is 37.6. The molecule has 1 nitrogen and oxygen atoms in total. The first-order valence-electron chi connectivity index (χ1n) is 6.72. The summed E-state index contributed by atoms with van der Waals surface area (Å²) in [6.07, 6.45) is -4.31. The minimum atomic E-state index is -4.31. The molecule has 0 spiro atoms. The lowest BCUT2D eigenvalue weighted by molar-refractivity contribution is -0.137. The first-order chi connectivity index (χ1) is 9.82. The molecule has 0 fully saturated rings. The highest BCUT2D eigenvalue weighted by Crippen LogP contribution is 2.32. The van der Waals surface area contributed by atoms with Crippen molar-refractivity contribution in [2.75, 3.05) is 6.61 Å². The van der Waals surface area contributed by atoms with E-state index in [0.29, 0.717) is 0 Å². The lowest BCUT2D eigenvalue weighted by atomic mass is 9.93. The van der Waals surface area contributed by atoms with Gasteiger partial charge in [0.2, 0.25) is 0 Å². The second kappa shape index (κ2) is 5.90. The van der Waals surface area contributed by atoms with E-state index in [0.717, 1.165) is 34.4 Å². The van der Waals surface area contributed by atoms with Crippen molar-refractivity contribution < 1.29 is 18.3 Å². The van der Waals surface area contributed by atoms with Gasteiger partial charge < -0.3 is 5.11 Å². The molecule has 2 aromatic rings. The van der Waals surface area contributed by atoms with Crippen molar-refractivity contribution in [1.82, 2.24) is 0 Å². The van der Waals surface area contributed by atoms with E-state index in [9.17, 15) is 18.3 Å². The first kappa shape index (κ1) is 15.6. The highest BCUT2D eigenvalue weighted by molar-refractivity contribution is 5.65. The maximum Gasteiger partial charge on any atom is 0.416 e. The Bertz CT molecular complexity index is 615. The van der Waals surface area contributed by atoms with Crippen LogP contribution >= 0.6 is 0 Å². The Kier molecular flexibility index (Phi) is 4.37. The van der Waals surface area contributed by atoms with E-state index in [-0.39, 0.29) is 12.5 Å². The third-order valence-corrected chi connectivity index (χ3v) is 3.62. The molecule has 0 radical (unpaired) electrons. The van der Waals surface area contributed by atoms with E-state index in [4.69, 9.17) is 0 Å². The van der Waals surface area contributed by atoms with E-state index in [1.54, 1.807) is 0 Å². The van der Waals surface area contributed by atoms with Crippen LogP contribution in [-0.4, -0.2) is 11.7 Å². The molecule has 1 N–H and O–H groups in total. The van der Waals surface area contributed by atoms with E-state index in [2.05, 4.69) is 0 Å². The van der Waals surface area contributed by atoms with Gasteiger partial charge in [0.1, 0.15) is 0 Å². The van der Waals surface area contributed by atoms with Crippen molar-refractivity contribution in [3.8, 4) is 11.1 Å². The Morgan fingerprint density at radius 2 is 1.57 bits per heavy atom. The fourth-order valence-electron chi connectivity index (χ4n) is 2.36. The molecular formula is C17H17F3O. The summed E-state index contributed by atoms with van der Waals surface area (Å²) >= 11 is 0. The molecular weight excluding hydrogens is 277 g/mol. The van der Waals surface area contributed by atoms with Gasteiger partial charge in [0.15, 0.2) is 0 Å². The molecule has 0 unspecified atom stereocenters. The summed E-state index contributed by atoms with van der Waals surface area (Å²) in [6, 6.07) is 10.9. The zero-order valence-electron chi connectivity index (χ0n) is 11.9. The second-order valence-electron chi connectivity index (χ2n) is 5.23. The molecule has 0 aliphatic heterocycles. The molecule has 0 heterocycles. The van der Waals surface area contributed by atoms with E-state index < -0.39 is 11.7 Å². The summed E-state index contributed by atoms with van der Waals surface area (Å²) in [4.78, 5) is 0. The maximum atomic E-state index is 12.5. The van der Waals surface area contributed by atoms with Crippen LogP contribution in [0.1, 0.15) is 29.5 Å². The van der Waals surface area contributed by atoms with Crippen LogP contribution in [0.2, 0.25) is 0 Å². The van der Waals surface area contributed by atoms with Gasteiger partial charge in [0.05, 0.1) is 5.56 Å². The van der Waals surface area contributed by atoms with Gasteiger partial charge in [0.25, 0.3) is 0 Å². The number of alkyl halides is 3. The largest absolute Gasteiger partial charge is 0.416 e. The van der Waals surface area contributed by atoms with Crippen molar-refractivity contribution in [2.45, 2.75) is 25.9 Å². The van der Waals surface area contributed by atoms with Crippen molar-refractivity contribution in [1.29, 1.82) is 0 Å². The SMILES string of the molecule is Cc1cc(-c2ccc(C(F)(F)F)cc2)ccc1[C@H](C)CO. The normalized spacial score (nSPS) is 13.2. The first-order valence-corrected chi connectivity index (χ1v) is 6.72. The van der Waals surface area contributed by atoms with Crippen LogP contribution in [0.5, 0.6) is 0 Å².